The Morgan fingerprint density at radius 1 is 1.04 bits per heavy atom. The molecule has 2 heterocycles. The SMILES string of the molecule is COc1cccc(N2N=NC3C(=O)N(c4cccc(Cl)c4)C(=O)C32)c1. The molecule has 2 aromatic rings. The van der Waals surface area contributed by atoms with Crippen LogP contribution >= 0.6 is 11.6 Å². The number of amides is 2. The second-order valence-corrected chi connectivity index (χ2v) is 6.07. The number of rotatable bonds is 3. The van der Waals surface area contributed by atoms with E-state index in [0.717, 1.165) is 4.90 Å². The van der Waals surface area contributed by atoms with Crippen LogP contribution in [-0.2, 0) is 9.59 Å². The number of anilines is 2. The maximum Gasteiger partial charge on any atom is 0.263 e. The van der Waals surface area contributed by atoms with E-state index in [0.29, 0.717) is 22.1 Å². The zero-order valence-corrected chi connectivity index (χ0v) is 13.9. The molecule has 0 aromatic heterocycles. The molecule has 0 saturated carbocycles. The number of carbonyl (C=O) groups excluding carboxylic acids is 2. The van der Waals surface area contributed by atoms with Crippen molar-refractivity contribution in [2.75, 3.05) is 17.0 Å². The lowest BCUT2D eigenvalue weighted by Crippen LogP contribution is -2.39. The van der Waals surface area contributed by atoms with Gasteiger partial charge in [0.15, 0.2) is 12.1 Å². The number of hydrogen-bond donors (Lipinski definition) is 0. The maximum absolute atomic E-state index is 12.9. The predicted molar refractivity (Wildman–Crippen MR) is 91.9 cm³/mol. The molecule has 8 heteroatoms. The monoisotopic (exact) mass is 356 g/mol. The molecule has 0 N–H and O–H groups in total. The molecule has 0 bridgehead atoms. The average molecular weight is 357 g/mol. The van der Waals surface area contributed by atoms with Crippen molar-refractivity contribution >= 4 is 34.8 Å². The first-order chi connectivity index (χ1) is 12.1. The molecule has 4 rings (SSSR count). The summed E-state index contributed by atoms with van der Waals surface area (Å²) in [4.78, 5) is 26.7. The molecule has 25 heavy (non-hydrogen) atoms. The van der Waals surface area contributed by atoms with Crippen LogP contribution in [0.25, 0.3) is 0 Å². The Morgan fingerprint density at radius 2 is 1.80 bits per heavy atom. The molecule has 1 fully saturated rings. The average Bonchev–Trinajstić information content (AvgIpc) is 3.16. The fourth-order valence-electron chi connectivity index (χ4n) is 3.00. The Labute approximate surface area is 148 Å². The van der Waals surface area contributed by atoms with E-state index < -0.39 is 18.0 Å². The van der Waals surface area contributed by atoms with E-state index in [1.807, 2.05) is 0 Å². The van der Waals surface area contributed by atoms with E-state index in [9.17, 15) is 9.59 Å². The fraction of sp³-hybridized carbons (Fsp3) is 0.176. The summed E-state index contributed by atoms with van der Waals surface area (Å²) in [5.74, 6) is -0.170. The highest BCUT2D eigenvalue weighted by molar-refractivity contribution is 6.31. The molecule has 2 atom stereocenters. The second kappa shape index (κ2) is 5.86. The van der Waals surface area contributed by atoms with E-state index in [1.54, 1.807) is 55.6 Å². The standard InChI is InChI=1S/C17H13ClN4O3/c1-25-13-7-3-6-12(9-13)22-15-14(19-20-22)16(23)21(17(15)24)11-5-2-4-10(18)8-11/h2-9,14-15H,1H3. The third kappa shape index (κ3) is 2.44. The summed E-state index contributed by atoms with van der Waals surface area (Å²) in [6.07, 6.45) is 0. The van der Waals surface area contributed by atoms with Crippen LogP contribution in [0.2, 0.25) is 5.02 Å². The summed E-state index contributed by atoms with van der Waals surface area (Å²) >= 11 is 5.98. The molecule has 0 aliphatic carbocycles. The Hall–Kier alpha value is -2.93. The molecular formula is C17H13ClN4O3. The van der Waals surface area contributed by atoms with Gasteiger partial charge in [-0.15, -0.1) is 0 Å². The zero-order chi connectivity index (χ0) is 17.6. The minimum atomic E-state index is -0.863. The third-order valence-corrected chi connectivity index (χ3v) is 4.40. The van der Waals surface area contributed by atoms with Crippen LogP contribution < -0.4 is 14.6 Å². The van der Waals surface area contributed by atoms with Crippen molar-refractivity contribution in [3.8, 4) is 5.75 Å². The van der Waals surface area contributed by atoms with Gasteiger partial charge in [-0.3, -0.25) is 9.59 Å². The predicted octanol–water partition coefficient (Wildman–Crippen LogP) is 2.85. The number of carbonyl (C=O) groups is 2. The Kier molecular flexibility index (Phi) is 3.65. The minimum absolute atomic E-state index is 0.384. The molecule has 2 aromatic carbocycles. The zero-order valence-electron chi connectivity index (χ0n) is 13.2. The van der Waals surface area contributed by atoms with E-state index >= 15 is 0 Å². The van der Waals surface area contributed by atoms with Crippen LogP contribution in [0.1, 0.15) is 0 Å². The third-order valence-electron chi connectivity index (χ3n) is 4.17. The minimum Gasteiger partial charge on any atom is -0.497 e. The van der Waals surface area contributed by atoms with Crippen molar-refractivity contribution in [2.24, 2.45) is 10.3 Å². The Bertz CT molecular complexity index is 901. The van der Waals surface area contributed by atoms with Crippen LogP contribution in [-0.4, -0.2) is 31.0 Å². The maximum atomic E-state index is 12.9. The number of methoxy groups -OCH3 is 1. The van der Waals surface area contributed by atoms with Crippen LogP contribution in [0.15, 0.2) is 58.9 Å². The number of imide groups is 1. The van der Waals surface area contributed by atoms with Crippen molar-refractivity contribution < 1.29 is 14.3 Å². The molecule has 1 saturated heterocycles. The first-order valence-corrected chi connectivity index (χ1v) is 7.95. The molecule has 0 spiro atoms. The van der Waals surface area contributed by atoms with Crippen molar-refractivity contribution in [3.63, 3.8) is 0 Å². The highest BCUT2D eigenvalue weighted by Gasteiger charge is 2.55. The normalized spacial score (nSPS) is 21.8. The van der Waals surface area contributed by atoms with Gasteiger partial charge in [0, 0.05) is 11.1 Å². The van der Waals surface area contributed by atoms with Crippen LogP contribution in [0.5, 0.6) is 5.75 Å². The van der Waals surface area contributed by atoms with Gasteiger partial charge in [0.25, 0.3) is 11.8 Å². The lowest BCUT2D eigenvalue weighted by molar-refractivity contribution is -0.121. The number of fused-ring (bicyclic) bond motifs is 1. The molecule has 2 aliphatic rings. The second-order valence-electron chi connectivity index (χ2n) is 5.63. The van der Waals surface area contributed by atoms with E-state index in [-0.39, 0.29) is 5.91 Å². The lowest BCUT2D eigenvalue weighted by Gasteiger charge is -2.21. The van der Waals surface area contributed by atoms with Crippen molar-refractivity contribution in [2.45, 2.75) is 12.1 Å². The highest BCUT2D eigenvalue weighted by atomic mass is 35.5. The van der Waals surface area contributed by atoms with Crippen LogP contribution in [0, 0.1) is 0 Å². The number of halogens is 1. The van der Waals surface area contributed by atoms with Gasteiger partial charge in [-0.2, -0.15) is 5.11 Å². The first-order valence-electron chi connectivity index (χ1n) is 7.57. The van der Waals surface area contributed by atoms with Gasteiger partial charge in [-0.25, -0.2) is 9.91 Å². The molecule has 126 valence electrons. The molecule has 2 unspecified atom stereocenters. The van der Waals surface area contributed by atoms with Crippen molar-refractivity contribution in [1.82, 2.24) is 0 Å². The summed E-state index contributed by atoms with van der Waals surface area (Å²) in [7, 11) is 1.55. The molecule has 7 nitrogen and oxygen atoms in total. The van der Waals surface area contributed by atoms with Gasteiger partial charge in [0.05, 0.1) is 18.5 Å². The number of ether oxygens (including phenoxy) is 1. The lowest BCUT2D eigenvalue weighted by atomic mass is 10.1. The molecular weight excluding hydrogens is 344 g/mol. The van der Waals surface area contributed by atoms with E-state index in [1.165, 1.54) is 5.01 Å². The van der Waals surface area contributed by atoms with E-state index in [4.69, 9.17) is 16.3 Å². The van der Waals surface area contributed by atoms with Crippen LogP contribution in [0.4, 0.5) is 11.4 Å². The molecule has 2 amide bonds. The summed E-state index contributed by atoms with van der Waals surface area (Å²) in [6, 6.07) is 12.0. The summed E-state index contributed by atoms with van der Waals surface area (Å²) in [5, 5.41) is 9.93. The van der Waals surface area contributed by atoms with E-state index in [2.05, 4.69) is 10.3 Å². The Balaban J connectivity index is 1.70. The number of hydrogen-bond acceptors (Lipinski definition) is 6. The topological polar surface area (TPSA) is 74.6 Å². The van der Waals surface area contributed by atoms with Crippen molar-refractivity contribution in [1.29, 1.82) is 0 Å². The summed E-state index contributed by atoms with van der Waals surface area (Å²) in [6.45, 7) is 0. The van der Waals surface area contributed by atoms with Gasteiger partial charge in [0.1, 0.15) is 5.75 Å². The van der Waals surface area contributed by atoms with Gasteiger partial charge in [-0.1, -0.05) is 29.0 Å². The summed E-state index contributed by atoms with van der Waals surface area (Å²) in [5.41, 5.74) is 1.06. The van der Waals surface area contributed by atoms with Gasteiger partial charge >= 0.3 is 0 Å². The van der Waals surface area contributed by atoms with Gasteiger partial charge < -0.3 is 4.74 Å². The Morgan fingerprint density at radius 3 is 2.56 bits per heavy atom. The quantitative estimate of drug-likeness (QED) is 0.792. The fourth-order valence-corrected chi connectivity index (χ4v) is 3.18. The smallest absolute Gasteiger partial charge is 0.263 e. The van der Waals surface area contributed by atoms with Gasteiger partial charge in [0.2, 0.25) is 0 Å². The highest BCUT2D eigenvalue weighted by Crippen LogP contribution is 2.36. The first kappa shape index (κ1) is 15.6. The number of nitrogens with zero attached hydrogens (tertiary/aromatic N) is 4. The van der Waals surface area contributed by atoms with Crippen LogP contribution in [0.3, 0.4) is 0 Å². The van der Waals surface area contributed by atoms with Crippen molar-refractivity contribution in [3.05, 3.63) is 53.6 Å². The number of benzene rings is 2. The largest absolute Gasteiger partial charge is 0.497 e. The molecule has 2 aliphatic heterocycles. The van der Waals surface area contributed by atoms with Gasteiger partial charge in [-0.05, 0) is 30.3 Å². The molecule has 0 radical (unpaired) electrons. The summed E-state index contributed by atoms with van der Waals surface area (Å²) < 4.78 is 5.20.